The number of amides is 2. The van der Waals surface area contributed by atoms with Gasteiger partial charge in [-0.2, -0.15) is 0 Å². The van der Waals surface area contributed by atoms with Gasteiger partial charge >= 0.3 is 0 Å². The van der Waals surface area contributed by atoms with Gasteiger partial charge in [0.05, 0.1) is 5.56 Å². The number of para-hydroxylation sites is 1. The van der Waals surface area contributed by atoms with Crippen molar-refractivity contribution < 1.29 is 14.3 Å². The lowest BCUT2D eigenvalue weighted by molar-refractivity contribution is 0.0930. The number of hydrogen-bond acceptors (Lipinski definition) is 4. The van der Waals surface area contributed by atoms with E-state index in [0.717, 1.165) is 11.1 Å². The molecule has 6 nitrogen and oxygen atoms in total. The molecule has 0 spiro atoms. The van der Waals surface area contributed by atoms with Crippen LogP contribution >= 0.6 is 12.2 Å². The van der Waals surface area contributed by atoms with Gasteiger partial charge in [-0.05, 0) is 48.5 Å². The van der Waals surface area contributed by atoms with Crippen molar-refractivity contribution in [2.75, 3.05) is 0 Å². The molecule has 0 radical (unpaired) electrons. The molecule has 152 valence electrons. The van der Waals surface area contributed by atoms with E-state index in [1.54, 1.807) is 36.4 Å². The smallest absolute Gasteiger partial charge is 0.273 e. The number of carbonyl (C=O) groups is 2. The minimum atomic E-state index is -0.439. The quantitative estimate of drug-likeness (QED) is 0.436. The van der Waals surface area contributed by atoms with Crippen LogP contribution in [0.25, 0.3) is 0 Å². The van der Waals surface area contributed by atoms with Crippen LogP contribution in [0.1, 0.15) is 31.8 Å². The molecule has 0 heterocycles. The fourth-order valence-corrected chi connectivity index (χ4v) is 2.87. The summed E-state index contributed by atoms with van der Waals surface area (Å²) in [6.07, 6.45) is 0. The molecule has 3 aromatic rings. The molecule has 3 aromatic carbocycles. The van der Waals surface area contributed by atoms with Crippen molar-refractivity contribution in [3.63, 3.8) is 0 Å². The Labute approximate surface area is 180 Å². The molecule has 0 fully saturated rings. The standard InChI is InChI=1S/C23H21N3O3S/c1-16-9-5-6-12-18(16)21(27)24-23(30)26-25-22(28)19-13-7-8-14-20(19)29-15-17-10-3-2-4-11-17/h2-14H,15H2,1H3,(H,25,28)(H2,24,26,27,30). The Morgan fingerprint density at radius 1 is 0.800 bits per heavy atom. The molecule has 0 saturated carbocycles. The Balaban J connectivity index is 1.56. The van der Waals surface area contributed by atoms with E-state index in [0.29, 0.717) is 23.5 Å². The average Bonchev–Trinajstić information content (AvgIpc) is 2.77. The van der Waals surface area contributed by atoms with Crippen molar-refractivity contribution in [2.24, 2.45) is 0 Å². The highest BCUT2D eigenvalue weighted by atomic mass is 32.1. The normalized spacial score (nSPS) is 10.0. The maximum Gasteiger partial charge on any atom is 0.273 e. The zero-order valence-corrected chi connectivity index (χ0v) is 17.2. The number of nitrogens with one attached hydrogen (secondary N) is 3. The first-order valence-electron chi connectivity index (χ1n) is 9.27. The molecular weight excluding hydrogens is 398 g/mol. The number of ether oxygens (including phenoxy) is 1. The minimum Gasteiger partial charge on any atom is -0.488 e. The van der Waals surface area contributed by atoms with E-state index < -0.39 is 5.91 Å². The average molecular weight is 420 g/mol. The molecule has 0 saturated heterocycles. The SMILES string of the molecule is Cc1ccccc1C(=O)NC(=S)NNC(=O)c1ccccc1OCc1ccccc1. The minimum absolute atomic E-state index is 0.0145. The van der Waals surface area contributed by atoms with Crippen LogP contribution < -0.4 is 20.9 Å². The van der Waals surface area contributed by atoms with Crippen LogP contribution in [0.4, 0.5) is 0 Å². The molecule has 0 aliphatic carbocycles. The molecule has 0 aliphatic rings. The van der Waals surface area contributed by atoms with Crippen molar-refractivity contribution in [1.82, 2.24) is 16.2 Å². The van der Waals surface area contributed by atoms with Crippen LogP contribution in [0.5, 0.6) is 5.75 Å². The van der Waals surface area contributed by atoms with Gasteiger partial charge in [0, 0.05) is 5.56 Å². The van der Waals surface area contributed by atoms with E-state index in [1.165, 1.54) is 0 Å². The molecule has 0 aliphatic heterocycles. The van der Waals surface area contributed by atoms with Crippen LogP contribution in [0, 0.1) is 6.92 Å². The monoisotopic (exact) mass is 419 g/mol. The summed E-state index contributed by atoms with van der Waals surface area (Å²) in [6, 6.07) is 23.7. The molecule has 0 unspecified atom stereocenters. The Kier molecular flexibility index (Phi) is 7.13. The highest BCUT2D eigenvalue weighted by Gasteiger charge is 2.14. The third-order valence-corrected chi connectivity index (χ3v) is 4.48. The summed E-state index contributed by atoms with van der Waals surface area (Å²) in [5.74, 6) is -0.354. The Hall–Kier alpha value is -3.71. The molecule has 0 aromatic heterocycles. The lowest BCUT2D eigenvalue weighted by Gasteiger charge is -2.14. The summed E-state index contributed by atoms with van der Waals surface area (Å²) in [5, 5.41) is 2.53. The number of thiocarbonyl (C=S) groups is 1. The fraction of sp³-hybridized carbons (Fsp3) is 0.0870. The van der Waals surface area contributed by atoms with Crippen molar-refractivity contribution in [3.8, 4) is 5.75 Å². The first-order chi connectivity index (χ1) is 14.5. The molecular formula is C23H21N3O3S. The maximum absolute atomic E-state index is 12.6. The van der Waals surface area contributed by atoms with Gasteiger partial charge in [-0.25, -0.2) is 0 Å². The third-order valence-electron chi connectivity index (χ3n) is 4.28. The van der Waals surface area contributed by atoms with E-state index in [2.05, 4.69) is 16.2 Å². The van der Waals surface area contributed by atoms with Gasteiger partial charge in [0.1, 0.15) is 12.4 Å². The zero-order chi connectivity index (χ0) is 21.3. The van der Waals surface area contributed by atoms with Gasteiger partial charge in [-0.3, -0.25) is 25.8 Å². The fourth-order valence-electron chi connectivity index (χ4n) is 2.73. The second-order valence-electron chi connectivity index (χ2n) is 6.45. The van der Waals surface area contributed by atoms with Crippen LogP contribution in [0.15, 0.2) is 78.9 Å². The van der Waals surface area contributed by atoms with E-state index >= 15 is 0 Å². The van der Waals surface area contributed by atoms with E-state index in [1.807, 2.05) is 49.4 Å². The van der Waals surface area contributed by atoms with Crippen molar-refractivity contribution in [1.29, 1.82) is 0 Å². The number of hydrogen-bond donors (Lipinski definition) is 3. The molecule has 0 atom stereocenters. The first kappa shape index (κ1) is 21.0. The molecule has 3 rings (SSSR count). The lowest BCUT2D eigenvalue weighted by Crippen LogP contribution is -2.48. The zero-order valence-electron chi connectivity index (χ0n) is 16.3. The van der Waals surface area contributed by atoms with Gasteiger partial charge in [0.15, 0.2) is 5.11 Å². The van der Waals surface area contributed by atoms with Gasteiger partial charge in [0.2, 0.25) is 0 Å². The van der Waals surface area contributed by atoms with E-state index in [9.17, 15) is 9.59 Å². The molecule has 2 amide bonds. The number of hydrazine groups is 1. The number of carbonyl (C=O) groups excluding carboxylic acids is 2. The van der Waals surface area contributed by atoms with E-state index in [4.69, 9.17) is 17.0 Å². The molecule has 3 N–H and O–H groups in total. The predicted octanol–water partition coefficient (Wildman–Crippen LogP) is 3.52. The van der Waals surface area contributed by atoms with Gasteiger partial charge < -0.3 is 4.74 Å². The van der Waals surface area contributed by atoms with Gasteiger partial charge in [0.25, 0.3) is 11.8 Å². The number of aryl methyl sites for hydroxylation is 1. The van der Waals surface area contributed by atoms with Gasteiger partial charge in [-0.15, -0.1) is 0 Å². The van der Waals surface area contributed by atoms with Crippen LogP contribution in [-0.4, -0.2) is 16.9 Å². The summed E-state index contributed by atoms with van der Waals surface area (Å²) in [4.78, 5) is 24.9. The Morgan fingerprint density at radius 3 is 2.17 bits per heavy atom. The van der Waals surface area contributed by atoms with Gasteiger partial charge in [-0.1, -0.05) is 60.7 Å². The van der Waals surface area contributed by atoms with E-state index in [-0.39, 0.29) is 11.0 Å². The van der Waals surface area contributed by atoms with Crippen molar-refractivity contribution in [3.05, 3.63) is 101 Å². The van der Waals surface area contributed by atoms with Crippen LogP contribution in [0.2, 0.25) is 0 Å². The van der Waals surface area contributed by atoms with Crippen molar-refractivity contribution in [2.45, 2.75) is 13.5 Å². The molecule has 0 bridgehead atoms. The van der Waals surface area contributed by atoms with Crippen LogP contribution in [0.3, 0.4) is 0 Å². The maximum atomic E-state index is 12.6. The summed E-state index contributed by atoms with van der Waals surface area (Å²) >= 11 is 5.10. The highest BCUT2D eigenvalue weighted by Crippen LogP contribution is 2.19. The topological polar surface area (TPSA) is 79.5 Å². The summed E-state index contributed by atoms with van der Waals surface area (Å²) < 4.78 is 5.80. The number of benzene rings is 3. The van der Waals surface area contributed by atoms with Crippen molar-refractivity contribution >= 4 is 29.1 Å². The summed E-state index contributed by atoms with van der Waals surface area (Å²) in [6.45, 7) is 2.17. The van der Waals surface area contributed by atoms with Crippen LogP contribution in [-0.2, 0) is 6.61 Å². The Morgan fingerprint density at radius 2 is 1.43 bits per heavy atom. The molecule has 30 heavy (non-hydrogen) atoms. The summed E-state index contributed by atoms with van der Waals surface area (Å²) in [7, 11) is 0. The number of rotatable bonds is 5. The molecule has 7 heteroatoms. The second kappa shape index (κ2) is 10.2. The largest absolute Gasteiger partial charge is 0.488 e. The third kappa shape index (κ3) is 5.65. The first-order valence-corrected chi connectivity index (χ1v) is 9.68. The summed E-state index contributed by atoms with van der Waals surface area (Å²) in [5.41, 5.74) is 7.70. The predicted molar refractivity (Wildman–Crippen MR) is 119 cm³/mol. The highest BCUT2D eigenvalue weighted by molar-refractivity contribution is 7.80. The Bertz CT molecular complexity index is 1050. The second-order valence-corrected chi connectivity index (χ2v) is 6.86. The lowest BCUT2D eigenvalue weighted by atomic mass is 10.1.